The van der Waals surface area contributed by atoms with Crippen molar-refractivity contribution < 1.29 is 14.7 Å². The number of aryl methyl sites for hydroxylation is 2. The maximum Gasteiger partial charge on any atom is 0.335 e. The van der Waals surface area contributed by atoms with Gasteiger partial charge in [-0.1, -0.05) is 36.4 Å². The largest absolute Gasteiger partial charge is 0.478 e. The van der Waals surface area contributed by atoms with Crippen molar-refractivity contribution in [2.45, 2.75) is 20.3 Å². The van der Waals surface area contributed by atoms with Gasteiger partial charge in [-0.3, -0.25) is 4.79 Å². The van der Waals surface area contributed by atoms with Crippen LogP contribution in [0.3, 0.4) is 0 Å². The summed E-state index contributed by atoms with van der Waals surface area (Å²) in [5.41, 5.74) is 3.47. The summed E-state index contributed by atoms with van der Waals surface area (Å²) in [6, 6.07) is 13.9. The monoisotopic (exact) mass is 319 g/mol. The Labute approximate surface area is 140 Å². The van der Waals surface area contributed by atoms with Gasteiger partial charge in [-0.05, 0) is 48.2 Å². The molecule has 1 N–H and O–H groups in total. The maximum absolute atomic E-state index is 12.4. The summed E-state index contributed by atoms with van der Waals surface area (Å²) in [6.07, 6.45) is 1.42. The number of nitrogens with zero attached hydrogens (tertiary/aromatic N) is 1. The Hall–Kier alpha value is -3.19. The summed E-state index contributed by atoms with van der Waals surface area (Å²) in [7, 11) is 0. The standard InChI is InChI=1S/C20H17NO3/c1-13-7-8-15(9-14(13)2)10-17(12-21)19(22)11-16-5-3-4-6-18(16)20(23)24/h3-10H,11H2,1-2H3,(H,23,24)/b17-10+. The Morgan fingerprint density at radius 1 is 1.12 bits per heavy atom. The number of rotatable bonds is 5. The Morgan fingerprint density at radius 3 is 2.46 bits per heavy atom. The van der Waals surface area contributed by atoms with Gasteiger partial charge in [0, 0.05) is 6.42 Å². The maximum atomic E-state index is 12.4. The van der Waals surface area contributed by atoms with Crippen molar-refractivity contribution in [3.63, 3.8) is 0 Å². The van der Waals surface area contributed by atoms with Crippen LogP contribution in [-0.4, -0.2) is 16.9 Å². The number of Topliss-reactive ketones (excluding diaryl/α,β-unsaturated/α-hetero) is 1. The average molecular weight is 319 g/mol. The molecule has 0 unspecified atom stereocenters. The van der Waals surface area contributed by atoms with E-state index in [0.717, 1.165) is 16.7 Å². The van der Waals surface area contributed by atoms with Gasteiger partial charge < -0.3 is 5.11 Å². The number of allylic oxidation sites excluding steroid dienone is 1. The third-order valence-corrected chi connectivity index (χ3v) is 3.86. The summed E-state index contributed by atoms with van der Waals surface area (Å²) in [4.78, 5) is 23.6. The Bertz CT molecular complexity index is 873. The van der Waals surface area contributed by atoms with E-state index in [0.29, 0.717) is 5.56 Å². The molecule has 0 saturated carbocycles. The Balaban J connectivity index is 2.30. The molecule has 0 aliphatic rings. The lowest BCUT2D eigenvalue weighted by Crippen LogP contribution is -2.10. The lowest BCUT2D eigenvalue weighted by Gasteiger charge is -2.05. The van der Waals surface area contributed by atoms with E-state index in [9.17, 15) is 20.0 Å². The first-order chi connectivity index (χ1) is 11.4. The van der Waals surface area contributed by atoms with E-state index in [2.05, 4.69) is 0 Å². The van der Waals surface area contributed by atoms with Gasteiger partial charge >= 0.3 is 5.97 Å². The summed E-state index contributed by atoms with van der Waals surface area (Å²) in [5.74, 6) is -1.49. The SMILES string of the molecule is Cc1ccc(/C=C(\C#N)C(=O)Cc2ccccc2C(=O)O)cc1C. The average Bonchev–Trinajstić information content (AvgIpc) is 2.56. The molecule has 0 aliphatic heterocycles. The second-order valence-electron chi connectivity index (χ2n) is 5.58. The second kappa shape index (κ2) is 7.38. The summed E-state index contributed by atoms with van der Waals surface area (Å²) in [5, 5.41) is 18.5. The van der Waals surface area contributed by atoms with Crippen LogP contribution in [-0.2, 0) is 11.2 Å². The predicted octanol–water partition coefficient (Wildman–Crippen LogP) is 3.72. The Morgan fingerprint density at radius 2 is 1.83 bits per heavy atom. The lowest BCUT2D eigenvalue weighted by atomic mass is 9.97. The molecule has 120 valence electrons. The third kappa shape index (κ3) is 3.96. The normalized spacial score (nSPS) is 11.0. The van der Waals surface area contributed by atoms with E-state index < -0.39 is 11.8 Å². The van der Waals surface area contributed by atoms with Gasteiger partial charge in [0.15, 0.2) is 5.78 Å². The molecular formula is C20H17NO3. The van der Waals surface area contributed by atoms with Crippen molar-refractivity contribution >= 4 is 17.8 Å². The Kier molecular flexibility index (Phi) is 5.28. The minimum atomic E-state index is -1.09. The first kappa shape index (κ1) is 17.2. The topological polar surface area (TPSA) is 78.2 Å². The number of carbonyl (C=O) groups excluding carboxylic acids is 1. The van der Waals surface area contributed by atoms with Crippen LogP contribution in [0, 0.1) is 25.2 Å². The van der Waals surface area contributed by atoms with E-state index in [-0.39, 0.29) is 17.6 Å². The van der Waals surface area contributed by atoms with Crippen LogP contribution in [0.2, 0.25) is 0 Å². The number of benzene rings is 2. The highest BCUT2D eigenvalue weighted by molar-refractivity contribution is 6.05. The molecule has 0 atom stereocenters. The van der Waals surface area contributed by atoms with E-state index in [1.165, 1.54) is 12.1 Å². The van der Waals surface area contributed by atoms with E-state index >= 15 is 0 Å². The van der Waals surface area contributed by atoms with Crippen molar-refractivity contribution in [3.8, 4) is 6.07 Å². The number of carbonyl (C=O) groups is 2. The summed E-state index contributed by atoms with van der Waals surface area (Å²) >= 11 is 0. The molecule has 0 spiro atoms. The number of carboxylic acid groups (broad SMARTS) is 1. The van der Waals surface area contributed by atoms with Crippen LogP contribution >= 0.6 is 0 Å². The fourth-order valence-corrected chi connectivity index (χ4v) is 2.35. The van der Waals surface area contributed by atoms with Crippen molar-refractivity contribution in [2.75, 3.05) is 0 Å². The number of hydrogen-bond acceptors (Lipinski definition) is 3. The van der Waals surface area contributed by atoms with Crippen LogP contribution in [0.4, 0.5) is 0 Å². The minimum Gasteiger partial charge on any atom is -0.478 e. The zero-order valence-corrected chi connectivity index (χ0v) is 13.5. The molecule has 2 aromatic rings. The minimum absolute atomic E-state index is 0.0124. The molecule has 4 heteroatoms. The smallest absolute Gasteiger partial charge is 0.335 e. The van der Waals surface area contributed by atoms with Crippen molar-refractivity contribution in [1.29, 1.82) is 5.26 Å². The van der Waals surface area contributed by atoms with Gasteiger partial charge in [-0.2, -0.15) is 5.26 Å². The zero-order chi connectivity index (χ0) is 17.7. The number of aromatic carboxylic acids is 1. The molecule has 0 radical (unpaired) electrons. The highest BCUT2D eigenvalue weighted by Crippen LogP contribution is 2.16. The van der Waals surface area contributed by atoms with Gasteiger partial charge in [0.2, 0.25) is 0 Å². The van der Waals surface area contributed by atoms with Crippen molar-refractivity contribution in [3.05, 3.63) is 75.9 Å². The molecule has 2 aromatic carbocycles. The summed E-state index contributed by atoms with van der Waals surface area (Å²) < 4.78 is 0. The highest BCUT2D eigenvalue weighted by atomic mass is 16.4. The molecule has 0 aromatic heterocycles. The first-order valence-corrected chi connectivity index (χ1v) is 7.46. The van der Waals surface area contributed by atoms with Crippen LogP contribution in [0.25, 0.3) is 6.08 Å². The van der Waals surface area contributed by atoms with Gasteiger partial charge in [-0.25, -0.2) is 4.79 Å². The molecule has 2 rings (SSSR count). The fourth-order valence-electron chi connectivity index (χ4n) is 2.35. The van der Waals surface area contributed by atoms with Crippen LogP contribution in [0.1, 0.15) is 32.6 Å². The summed E-state index contributed by atoms with van der Waals surface area (Å²) in [6.45, 7) is 3.95. The quantitative estimate of drug-likeness (QED) is 0.673. The van der Waals surface area contributed by atoms with Crippen LogP contribution in [0.15, 0.2) is 48.0 Å². The molecule has 0 amide bonds. The molecule has 24 heavy (non-hydrogen) atoms. The molecule has 4 nitrogen and oxygen atoms in total. The third-order valence-electron chi connectivity index (χ3n) is 3.86. The molecule has 0 bridgehead atoms. The van der Waals surface area contributed by atoms with Gasteiger partial charge in [0.1, 0.15) is 6.07 Å². The first-order valence-electron chi connectivity index (χ1n) is 7.46. The zero-order valence-electron chi connectivity index (χ0n) is 13.5. The van der Waals surface area contributed by atoms with Crippen molar-refractivity contribution in [1.82, 2.24) is 0 Å². The van der Waals surface area contributed by atoms with Gasteiger partial charge in [0.25, 0.3) is 0 Å². The molecule has 0 saturated heterocycles. The number of hydrogen-bond donors (Lipinski definition) is 1. The second-order valence-corrected chi connectivity index (χ2v) is 5.58. The van der Waals surface area contributed by atoms with E-state index in [4.69, 9.17) is 0 Å². The number of nitriles is 1. The van der Waals surface area contributed by atoms with Gasteiger partial charge in [0.05, 0.1) is 11.1 Å². The molecule has 0 aliphatic carbocycles. The number of ketones is 1. The van der Waals surface area contributed by atoms with E-state index in [1.807, 2.05) is 38.1 Å². The molecular weight excluding hydrogens is 302 g/mol. The van der Waals surface area contributed by atoms with Crippen LogP contribution < -0.4 is 0 Å². The van der Waals surface area contributed by atoms with Crippen LogP contribution in [0.5, 0.6) is 0 Å². The molecule has 0 heterocycles. The lowest BCUT2D eigenvalue weighted by molar-refractivity contribution is -0.114. The number of carboxylic acids is 1. The highest BCUT2D eigenvalue weighted by Gasteiger charge is 2.15. The fraction of sp³-hybridized carbons (Fsp3) is 0.150. The van der Waals surface area contributed by atoms with Gasteiger partial charge in [-0.15, -0.1) is 0 Å². The molecule has 0 fully saturated rings. The van der Waals surface area contributed by atoms with Crippen molar-refractivity contribution in [2.24, 2.45) is 0 Å². The van der Waals surface area contributed by atoms with E-state index in [1.54, 1.807) is 18.2 Å². The predicted molar refractivity (Wildman–Crippen MR) is 91.6 cm³/mol.